The van der Waals surface area contributed by atoms with Gasteiger partial charge in [-0.1, -0.05) is 17.8 Å². The molecule has 2 aromatic rings. The van der Waals surface area contributed by atoms with Crippen molar-refractivity contribution in [3.8, 4) is 5.75 Å². The van der Waals surface area contributed by atoms with Crippen molar-refractivity contribution in [3.05, 3.63) is 59.1 Å². The van der Waals surface area contributed by atoms with E-state index in [-0.39, 0.29) is 17.2 Å². The maximum absolute atomic E-state index is 14.0. The minimum absolute atomic E-state index is 0.00384. The number of aromatic nitrogens is 1. The molecule has 4 nitrogen and oxygen atoms in total. The van der Waals surface area contributed by atoms with Crippen LogP contribution in [0.3, 0.4) is 0 Å². The summed E-state index contributed by atoms with van der Waals surface area (Å²) in [5, 5.41) is 0. The van der Waals surface area contributed by atoms with E-state index in [0.29, 0.717) is 11.8 Å². The average Bonchev–Trinajstić information content (AvgIpc) is 2.64. The molecule has 0 N–H and O–H groups in total. The number of carbonyl (C=O) groups excluding carboxylic acids is 1. The van der Waals surface area contributed by atoms with Gasteiger partial charge >= 0.3 is 5.97 Å². The standard InChI is InChI=1S/C16H9F4NO3S/c1-2-23-16(22)13-14(7-5-3-4-6-21-7)25-15-11(20)9(18)8(17)10(19)12(15)24-13/h3-6H,2H2,1H3. The van der Waals surface area contributed by atoms with E-state index in [2.05, 4.69) is 4.98 Å². The molecule has 3 rings (SSSR count). The molecule has 0 aliphatic carbocycles. The smallest absolute Gasteiger partial charge is 0.375 e. The largest absolute Gasteiger partial charge is 0.460 e. The molecule has 1 aromatic heterocycles. The molecule has 0 bridgehead atoms. The van der Waals surface area contributed by atoms with Crippen LogP contribution in [0.2, 0.25) is 0 Å². The van der Waals surface area contributed by atoms with Gasteiger partial charge in [0.1, 0.15) is 0 Å². The molecule has 2 heterocycles. The molecule has 1 aliphatic heterocycles. The van der Waals surface area contributed by atoms with Crippen LogP contribution in [0, 0.1) is 23.3 Å². The number of pyridine rings is 1. The van der Waals surface area contributed by atoms with Crippen molar-refractivity contribution in [1.82, 2.24) is 4.98 Å². The van der Waals surface area contributed by atoms with Crippen molar-refractivity contribution in [1.29, 1.82) is 0 Å². The van der Waals surface area contributed by atoms with Gasteiger partial charge in [0.15, 0.2) is 17.4 Å². The Morgan fingerprint density at radius 2 is 1.88 bits per heavy atom. The summed E-state index contributed by atoms with van der Waals surface area (Å²) < 4.78 is 64.9. The molecule has 0 unspecified atom stereocenters. The summed E-state index contributed by atoms with van der Waals surface area (Å²) in [6, 6.07) is 4.69. The number of hydrogen-bond donors (Lipinski definition) is 0. The number of nitrogens with zero attached hydrogens (tertiary/aromatic N) is 1. The van der Waals surface area contributed by atoms with E-state index >= 15 is 0 Å². The second kappa shape index (κ2) is 6.75. The Bertz CT molecular complexity index is 887. The van der Waals surface area contributed by atoms with Crippen LogP contribution >= 0.6 is 11.8 Å². The Kier molecular flexibility index (Phi) is 4.67. The highest BCUT2D eigenvalue weighted by molar-refractivity contribution is 8.08. The highest BCUT2D eigenvalue weighted by Crippen LogP contribution is 2.49. The van der Waals surface area contributed by atoms with Crippen molar-refractivity contribution in [2.24, 2.45) is 0 Å². The SMILES string of the molecule is CCOC(=O)C1=C(c2ccccn2)Sc2c(F)c(F)c(F)c(F)c2O1. The summed E-state index contributed by atoms with van der Waals surface area (Å²) in [4.78, 5) is 15.5. The molecule has 0 saturated heterocycles. The minimum atomic E-state index is -2.03. The van der Waals surface area contributed by atoms with Crippen molar-refractivity contribution in [2.45, 2.75) is 11.8 Å². The lowest BCUT2D eigenvalue weighted by Gasteiger charge is -2.22. The molecule has 1 aliphatic rings. The first-order valence-electron chi connectivity index (χ1n) is 7.00. The Balaban J connectivity index is 2.20. The molecule has 0 atom stereocenters. The fourth-order valence-corrected chi connectivity index (χ4v) is 3.12. The highest BCUT2D eigenvalue weighted by Gasteiger charge is 2.36. The first-order chi connectivity index (χ1) is 12.0. The number of benzene rings is 1. The molecule has 25 heavy (non-hydrogen) atoms. The van der Waals surface area contributed by atoms with E-state index in [1.807, 2.05) is 0 Å². The lowest BCUT2D eigenvalue weighted by atomic mass is 10.2. The molecule has 130 valence electrons. The third-order valence-electron chi connectivity index (χ3n) is 3.16. The van der Waals surface area contributed by atoms with Gasteiger partial charge in [0.25, 0.3) is 0 Å². The second-order valence-corrected chi connectivity index (χ2v) is 5.73. The number of ether oxygens (including phenoxy) is 2. The highest BCUT2D eigenvalue weighted by atomic mass is 32.2. The van der Waals surface area contributed by atoms with Crippen molar-refractivity contribution >= 4 is 22.6 Å². The summed E-state index contributed by atoms with van der Waals surface area (Å²) in [7, 11) is 0. The summed E-state index contributed by atoms with van der Waals surface area (Å²) in [5.74, 6) is -9.70. The molecular formula is C16H9F4NO3S. The average molecular weight is 371 g/mol. The number of halogens is 4. The zero-order chi connectivity index (χ0) is 18.1. The number of thioether (sulfide) groups is 1. The van der Waals surface area contributed by atoms with Crippen molar-refractivity contribution in [2.75, 3.05) is 6.61 Å². The van der Waals surface area contributed by atoms with Gasteiger partial charge in [0.05, 0.1) is 22.1 Å². The maximum atomic E-state index is 14.0. The van der Waals surface area contributed by atoms with E-state index < -0.39 is 45.6 Å². The normalized spacial score (nSPS) is 13.3. The van der Waals surface area contributed by atoms with Crippen molar-refractivity contribution in [3.63, 3.8) is 0 Å². The number of esters is 1. The number of carbonyl (C=O) groups is 1. The van der Waals surface area contributed by atoms with Crippen LogP contribution in [0.25, 0.3) is 4.91 Å². The second-order valence-electron chi connectivity index (χ2n) is 4.71. The van der Waals surface area contributed by atoms with Crippen LogP contribution in [0.5, 0.6) is 5.75 Å². The zero-order valence-corrected chi connectivity index (χ0v) is 13.4. The summed E-state index contributed by atoms with van der Waals surface area (Å²) in [5.41, 5.74) is 0.200. The Morgan fingerprint density at radius 1 is 1.16 bits per heavy atom. The predicted molar refractivity (Wildman–Crippen MR) is 80.5 cm³/mol. The van der Waals surface area contributed by atoms with Crippen LogP contribution in [0.1, 0.15) is 12.6 Å². The number of fused-ring (bicyclic) bond motifs is 1. The quantitative estimate of drug-likeness (QED) is 0.353. The van der Waals surface area contributed by atoms with E-state index in [1.165, 1.54) is 19.2 Å². The third kappa shape index (κ3) is 2.95. The van der Waals surface area contributed by atoms with Crippen LogP contribution in [-0.2, 0) is 9.53 Å². The Hall–Kier alpha value is -2.55. The van der Waals surface area contributed by atoms with Gasteiger partial charge in [-0.3, -0.25) is 4.98 Å². The first-order valence-corrected chi connectivity index (χ1v) is 7.81. The molecule has 1 aromatic carbocycles. The molecule has 0 amide bonds. The van der Waals surface area contributed by atoms with Gasteiger partial charge in [-0.15, -0.1) is 0 Å². The summed E-state index contributed by atoms with van der Waals surface area (Å²) in [6.07, 6.45) is 1.41. The lowest BCUT2D eigenvalue weighted by molar-refractivity contribution is -0.140. The van der Waals surface area contributed by atoms with Gasteiger partial charge in [-0.2, -0.15) is 4.39 Å². The molecular weight excluding hydrogens is 362 g/mol. The molecule has 0 radical (unpaired) electrons. The fraction of sp³-hybridized carbons (Fsp3) is 0.125. The lowest BCUT2D eigenvalue weighted by Crippen LogP contribution is -2.19. The first kappa shape index (κ1) is 17.3. The van der Waals surface area contributed by atoms with Crippen LogP contribution < -0.4 is 4.74 Å². The van der Waals surface area contributed by atoms with Gasteiger partial charge in [0.2, 0.25) is 17.4 Å². The number of rotatable bonds is 3. The molecule has 9 heteroatoms. The van der Waals surface area contributed by atoms with E-state index in [1.54, 1.807) is 12.1 Å². The molecule has 0 fully saturated rings. The van der Waals surface area contributed by atoms with E-state index in [9.17, 15) is 22.4 Å². The minimum Gasteiger partial charge on any atom is -0.460 e. The Morgan fingerprint density at radius 3 is 2.52 bits per heavy atom. The zero-order valence-electron chi connectivity index (χ0n) is 12.6. The Labute approximate surface area is 143 Å². The molecule has 0 saturated carbocycles. The molecule has 0 spiro atoms. The van der Waals surface area contributed by atoms with E-state index in [0.717, 1.165) is 0 Å². The predicted octanol–water partition coefficient (Wildman–Crippen LogP) is 4.05. The van der Waals surface area contributed by atoms with Gasteiger partial charge < -0.3 is 9.47 Å². The third-order valence-corrected chi connectivity index (χ3v) is 4.32. The summed E-state index contributed by atoms with van der Waals surface area (Å²) >= 11 is 0.506. The number of hydrogen-bond acceptors (Lipinski definition) is 5. The summed E-state index contributed by atoms with van der Waals surface area (Å²) in [6.45, 7) is 1.53. The van der Waals surface area contributed by atoms with Crippen LogP contribution in [0.15, 0.2) is 35.1 Å². The maximum Gasteiger partial charge on any atom is 0.375 e. The topological polar surface area (TPSA) is 48.4 Å². The van der Waals surface area contributed by atoms with Crippen LogP contribution in [0.4, 0.5) is 17.6 Å². The van der Waals surface area contributed by atoms with E-state index in [4.69, 9.17) is 9.47 Å². The van der Waals surface area contributed by atoms with Gasteiger partial charge in [-0.25, -0.2) is 18.0 Å². The van der Waals surface area contributed by atoms with Gasteiger partial charge in [0, 0.05) is 6.20 Å². The van der Waals surface area contributed by atoms with Gasteiger partial charge in [-0.05, 0) is 19.1 Å². The van der Waals surface area contributed by atoms with Crippen molar-refractivity contribution < 1.29 is 31.8 Å². The monoisotopic (exact) mass is 371 g/mol. The fourth-order valence-electron chi connectivity index (χ4n) is 2.07. The van der Waals surface area contributed by atoms with Crippen LogP contribution in [-0.4, -0.2) is 17.6 Å².